The van der Waals surface area contributed by atoms with Crippen LogP contribution < -0.4 is 11.1 Å². The maximum atomic E-state index is 12.1. The van der Waals surface area contributed by atoms with E-state index in [-0.39, 0.29) is 11.7 Å². The molecule has 1 aliphatic rings. The molecular weight excluding hydrogens is 242 g/mol. The maximum Gasteiger partial charge on any atom is 0.238 e. The Morgan fingerprint density at radius 2 is 2.18 bits per heavy atom. The largest absolute Gasteiger partial charge is 0.358 e. The molecule has 7 heteroatoms. The molecule has 0 bridgehead atoms. The summed E-state index contributed by atoms with van der Waals surface area (Å²) in [6.07, 6.45) is 2.73. The number of carbonyl (C=O) groups excluding carboxylic acids is 1. The molecule has 1 heterocycles. The van der Waals surface area contributed by atoms with Gasteiger partial charge in [-0.3, -0.25) is 4.79 Å². The second-order valence-electron chi connectivity index (χ2n) is 4.19. The van der Waals surface area contributed by atoms with Gasteiger partial charge >= 0.3 is 0 Å². The lowest BCUT2D eigenvalue weighted by molar-refractivity contribution is -0.125. The summed E-state index contributed by atoms with van der Waals surface area (Å²) < 4.78 is 25.5. The van der Waals surface area contributed by atoms with Crippen LogP contribution >= 0.6 is 0 Å². The second-order valence-corrected chi connectivity index (χ2v) is 6.24. The third kappa shape index (κ3) is 3.65. The van der Waals surface area contributed by atoms with Gasteiger partial charge in [-0.15, -0.1) is 0 Å². The molecule has 1 aliphatic heterocycles. The summed E-state index contributed by atoms with van der Waals surface area (Å²) in [7, 11) is -1.83. The summed E-state index contributed by atoms with van der Waals surface area (Å²) in [6.45, 7) is 0.780. The minimum Gasteiger partial charge on any atom is -0.358 e. The number of nitrogens with zero attached hydrogens (tertiary/aromatic N) is 1. The number of piperidine rings is 1. The maximum absolute atomic E-state index is 12.1. The molecule has 0 spiro atoms. The highest BCUT2D eigenvalue weighted by Gasteiger charge is 2.35. The minimum absolute atomic E-state index is 0.0248. The highest BCUT2D eigenvalue weighted by atomic mass is 32.2. The molecule has 1 atom stereocenters. The van der Waals surface area contributed by atoms with Crippen LogP contribution in [0.2, 0.25) is 0 Å². The average Bonchev–Trinajstić information content (AvgIpc) is 2.35. The van der Waals surface area contributed by atoms with Crippen molar-refractivity contribution in [3.05, 3.63) is 0 Å². The van der Waals surface area contributed by atoms with E-state index in [1.54, 1.807) is 0 Å². The fourth-order valence-corrected chi connectivity index (χ4v) is 3.81. The highest BCUT2D eigenvalue weighted by molar-refractivity contribution is 7.89. The Balaban J connectivity index is 2.80. The Morgan fingerprint density at radius 3 is 2.76 bits per heavy atom. The fourth-order valence-electron chi connectivity index (χ4n) is 2.05. The number of rotatable bonds is 5. The molecule has 1 rings (SSSR count). The van der Waals surface area contributed by atoms with Gasteiger partial charge in [0.1, 0.15) is 6.04 Å². The third-order valence-corrected chi connectivity index (χ3v) is 4.92. The number of sulfonamides is 1. The van der Waals surface area contributed by atoms with Gasteiger partial charge < -0.3 is 11.1 Å². The zero-order valence-corrected chi connectivity index (χ0v) is 11.0. The van der Waals surface area contributed by atoms with E-state index in [0.717, 1.165) is 12.8 Å². The number of amides is 1. The second kappa shape index (κ2) is 6.32. The van der Waals surface area contributed by atoms with Crippen molar-refractivity contribution in [2.75, 3.05) is 25.9 Å². The van der Waals surface area contributed by atoms with Gasteiger partial charge in [-0.05, 0) is 25.8 Å². The number of nitrogens with two attached hydrogens (primary N) is 1. The van der Waals surface area contributed by atoms with Crippen molar-refractivity contribution in [3.8, 4) is 0 Å². The zero-order valence-electron chi connectivity index (χ0n) is 10.2. The molecule has 0 aromatic rings. The Bertz CT molecular complexity index is 356. The van der Waals surface area contributed by atoms with E-state index in [4.69, 9.17) is 5.73 Å². The van der Waals surface area contributed by atoms with E-state index in [2.05, 4.69) is 5.32 Å². The lowest BCUT2D eigenvalue weighted by atomic mass is 10.0. The summed E-state index contributed by atoms with van der Waals surface area (Å²) in [4.78, 5) is 11.7. The van der Waals surface area contributed by atoms with Gasteiger partial charge in [0.2, 0.25) is 15.9 Å². The van der Waals surface area contributed by atoms with Crippen molar-refractivity contribution in [1.82, 2.24) is 9.62 Å². The van der Waals surface area contributed by atoms with E-state index < -0.39 is 16.1 Å². The third-order valence-electron chi connectivity index (χ3n) is 2.97. The van der Waals surface area contributed by atoms with Crippen LogP contribution in [0, 0.1) is 0 Å². The van der Waals surface area contributed by atoms with E-state index in [9.17, 15) is 13.2 Å². The van der Waals surface area contributed by atoms with Crippen LogP contribution in [0.1, 0.15) is 25.7 Å². The Labute approximate surface area is 103 Å². The number of carbonyl (C=O) groups is 1. The van der Waals surface area contributed by atoms with Crippen molar-refractivity contribution < 1.29 is 13.2 Å². The molecule has 0 saturated carbocycles. The van der Waals surface area contributed by atoms with Gasteiger partial charge in [0.25, 0.3) is 0 Å². The first-order valence-corrected chi connectivity index (χ1v) is 7.55. The minimum atomic E-state index is -3.36. The Morgan fingerprint density at radius 1 is 1.47 bits per heavy atom. The molecule has 0 radical (unpaired) electrons. The first-order valence-electron chi connectivity index (χ1n) is 5.94. The number of hydrogen-bond donors (Lipinski definition) is 2. The highest BCUT2D eigenvalue weighted by Crippen LogP contribution is 2.21. The lowest BCUT2D eigenvalue weighted by Crippen LogP contribution is -2.51. The Hall–Kier alpha value is -0.660. The van der Waals surface area contributed by atoms with Gasteiger partial charge in [-0.25, -0.2) is 8.42 Å². The molecule has 6 nitrogen and oxygen atoms in total. The number of likely N-dealkylation sites (N-methyl/N-ethyl adjacent to an activating group) is 1. The Kier molecular flexibility index (Phi) is 5.35. The van der Waals surface area contributed by atoms with Crippen molar-refractivity contribution >= 4 is 15.9 Å². The summed E-state index contributed by atoms with van der Waals surface area (Å²) in [6, 6.07) is -0.545. The molecule has 1 amide bonds. The molecule has 17 heavy (non-hydrogen) atoms. The van der Waals surface area contributed by atoms with Gasteiger partial charge in [-0.1, -0.05) is 6.42 Å². The average molecular weight is 263 g/mol. The van der Waals surface area contributed by atoms with Crippen molar-refractivity contribution in [2.24, 2.45) is 5.73 Å². The van der Waals surface area contributed by atoms with E-state index in [0.29, 0.717) is 25.9 Å². The van der Waals surface area contributed by atoms with Crippen LogP contribution in [0.25, 0.3) is 0 Å². The fraction of sp³-hybridized carbons (Fsp3) is 0.900. The number of hydrogen-bond acceptors (Lipinski definition) is 4. The van der Waals surface area contributed by atoms with Gasteiger partial charge in [0.05, 0.1) is 5.75 Å². The van der Waals surface area contributed by atoms with Crippen LogP contribution in [0.3, 0.4) is 0 Å². The van der Waals surface area contributed by atoms with Crippen LogP contribution in [0.5, 0.6) is 0 Å². The van der Waals surface area contributed by atoms with Crippen molar-refractivity contribution in [2.45, 2.75) is 31.7 Å². The molecule has 1 fully saturated rings. The molecule has 100 valence electrons. The first kappa shape index (κ1) is 14.4. The monoisotopic (exact) mass is 263 g/mol. The number of nitrogens with one attached hydrogen (secondary N) is 1. The van der Waals surface area contributed by atoms with Crippen LogP contribution in [0.15, 0.2) is 0 Å². The quantitative estimate of drug-likeness (QED) is 0.683. The smallest absolute Gasteiger partial charge is 0.238 e. The van der Waals surface area contributed by atoms with Crippen LogP contribution in [-0.2, 0) is 14.8 Å². The van der Waals surface area contributed by atoms with E-state index in [1.807, 2.05) is 0 Å². The van der Waals surface area contributed by atoms with E-state index in [1.165, 1.54) is 11.4 Å². The lowest BCUT2D eigenvalue weighted by Gasteiger charge is -2.33. The van der Waals surface area contributed by atoms with Crippen molar-refractivity contribution in [1.29, 1.82) is 0 Å². The first-order chi connectivity index (χ1) is 8.03. The van der Waals surface area contributed by atoms with Crippen molar-refractivity contribution in [3.63, 3.8) is 0 Å². The topological polar surface area (TPSA) is 92.5 Å². The van der Waals surface area contributed by atoms with Crippen LogP contribution in [-0.4, -0.2) is 50.6 Å². The molecule has 0 aliphatic carbocycles. The molecule has 0 aromatic carbocycles. The van der Waals surface area contributed by atoms with E-state index >= 15 is 0 Å². The summed E-state index contributed by atoms with van der Waals surface area (Å²) >= 11 is 0. The summed E-state index contributed by atoms with van der Waals surface area (Å²) in [5.41, 5.74) is 5.32. The SMILES string of the molecule is CNC(=O)C1CCCCN1S(=O)(=O)CCCN. The van der Waals surface area contributed by atoms with Gasteiger partial charge in [0, 0.05) is 13.6 Å². The van der Waals surface area contributed by atoms with Gasteiger partial charge in [-0.2, -0.15) is 4.31 Å². The normalized spacial score (nSPS) is 22.4. The zero-order chi connectivity index (χ0) is 12.9. The molecule has 3 N–H and O–H groups in total. The molecular formula is C10H21N3O3S. The van der Waals surface area contributed by atoms with Crippen LogP contribution in [0.4, 0.5) is 0 Å². The summed E-state index contributed by atoms with van der Waals surface area (Å²) in [5, 5.41) is 2.52. The molecule has 0 aromatic heterocycles. The predicted octanol–water partition coefficient (Wildman–Crippen LogP) is -0.734. The summed E-state index contributed by atoms with van der Waals surface area (Å²) in [5.74, 6) is -0.196. The molecule has 1 saturated heterocycles. The predicted molar refractivity (Wildman–Crippen MR) is 65.9 cm³/mol. The van der Waals surface area contributed by atoms with Gasteiger partial charge in [0.15, 0.2) is 0 Å². The molecule has 1 unspecified atom stereocenters. The standard InChI is InChI=1S/C10H21N3O3S/c1-12-10(14)9-5-2-3-7-13(9)17(15,16)8-4-6-11/h9H,2-8,11H2,1H3,(H,12,14).